The van der Waals surface area contributed by atoms with Crippen LogP contribution in [0.25, 0.3) is 55.7 Å². The molecule has 4 aromatic heterocycles. The first-order valence-electron chi connectivity index (χ1n) is 13.6. The summed E-state index contributed by atoms with van der Waals surface area (Å²) in [6.07, 6.45) is 7.13. The lowest BCUT2D eigenvalue weighted by molar-refractivity contribution is 0.425. The molecule has 0 radical (unpaired) electrons. The molecule has 6 aromatic rings. The molecule has 0 atom stereocenters. The number of anilines is 2. The van der Waals surface area contributed by atoms with Crippen LogP contribution >= 0.6 is 0 Å². The van der Waals surface area contributed by atoms with E-state index in [1.165, 1.54) is 12.1 Å². The fourth-order valence-electron chi connectivity index (χ4n) is 4.91. The van der Waals surface area contributed by atoms with Crippen LogP contribution in [0.4, 0.5) is 15.8 Å². The van der Waals surface area contributed by atoms with E-state index in [9.17, 15) is 4.39 Å². The second-order valence-corrected chi connectivity index (χ2v) is 10.7. The van der Waals surface area contributed by atoms with E-state index in [4.69, 9.17) is 4.98 Å². The molecular formula is C31H32FN9. The van der Waals surface area contributed by atoms with Gasteiger partial charge in [0.1, 0.15) is 11.5 Å². The summed E-state index contributed by atoms with van der Waals surface area (Å²) >= 11 is 0. The second kappa shape index (κ2) is 11.0. The highest BCUT2D eigenvalue weighted by Gasteiger charge is 2.17. The smallest absolute Gasteiger partial charge is 0.159 e. The molecule has 6 rings (SSSR count). The minimum absolute atomic E-state index is 0.306. The summed E-state index contributed by atoms with van der Waals surface area (Å²) in [4.78, 5) is 19.2. The SMILES string of the molecule is CC(C)Nc1cncc(-c2ccc3[nH]nc(-c4nc5c(-c6cc(F)cc(NCCN(C)C)c6)cncc5[nH]4)c3c2)c1. The number of aromatic amines is 2. The quantitative estimate of drug-likeness (QED) is 0.171. The summed E-state index contributed by atoms with van der Waals surface area (Å²) in [5, 5.41) is 15.3. The predicted molar refractivity (Wildman–Crippen MR) is 163 cm³/mol. The van der Waals surface area contributed by atoms with Crippen LogP contribution in [0.5, 0.6) is 0 Å². The van der Waals surface area contributed by atoms with Gasteiger partial charge >= 0.3 is 0 Å². The van der Waals surface area contributed by atoms with Crippen molar-refractivity contribution in [3.8, 4) is 33.8 Å². The molecule has 208 valence electrons. The van der Waals surface area contributed by atoms with Crippen molar-refractivity contribution in [1.29, 1.82) is 0 Å². The highest BCUT2D eigenvalue weighted by Crippen LogP contribution is 2.34. The molecule has 0 bridgehead atoms. The van der Waals surface area contributed by atoms with Crippen LogP contribution in [0.15, 0.2) is 67.3 Å². The Morgan fingerprint density at radius 1 is 0.878 bits per heavy atom. The Morgan fingerprint density at radius 3 is 2.54 bits per heavy atom. The minimum Gasteiger partial charge on any atom is -0.384 e. The molecule has 2 aromatic carbocycles. The van der Waals surface area contributed by atoms with Crippen LogP contribution in [-0.2, 0) is 0 Å². The molecule has 0 saturated carbocycles. The number of likely N-dealkylation sites (N-methyl/N-ethyl adjacent to an activating group) is 1. The topological polar surface area (TPSA) is 110 Å². The monoisotopic (exact) mass is 549 g/mol. The summed E-state index contributed by atoms with van der Waals surface area (Å²) in [6.45, 7) is 5.73. The Kier molecular flexibility index (Phi) is 7.07. The number of imidazole rings is 1. The number of rotatable bonds is 9. The van der Waals surface area contributed by atoms with E-state index in [0.717, 1.165) is 45.3 Å². The predicted octanol–water partition coefficient (Wildman–Crippen LogP) is 6.16. The van der Waals surface area contributed by atoms with Gasteiger partial charge < -0.3 is 20.5 Å². The van der Waals surface area contributed by atoms with Crippen LogP contribution in [0, 0.1) is 5.82 Å². The third-order valence-electron chi connectivity index (χ3n) is 6.81. The van der Waals surface area contributed by atoms with Gasteiger partial charge in [0.2, 0.25) is 0 Å². The van der Waals surface area contributed by atoms with Crippen LogP contribution in [0.2, 0.25) is 0 Å². The van der Waals surface area contributed by atoms with Gasteiger partial charge in [-0.2, -0.15) is 5.10 Å². The molecule has 0 aliphatic heterocycles. The number of halogens is 1. The third kappa shape index (κ3) is 5.59. The van der Waals surface area contributed by atoms with Crippen molar-refractivity contribution in [2.45, 2.75) is 19.9 Å². The molecule has 10 heteroatoms. The standard InChI is InChI=1S/C31H32FN9/c1-18(2)36-24-11-21(14-33-15-24)19-5-6-27-25(12-19)30(40-39-27)31-37-28-17-34-16-26(29(28)38-31)20-9-22(32)13-23(10-20)35-7-8-41(3)4/h5-6,9-18,35-36H,7-8H2,1-4H3,(H,37,38)(H,39,40). The minimum atomic E-state index is -0.324. The van der Waals surface area contributed by atoms with Gasteiger partial charge in [-0.05, 0) is 75.5 Å². The number of aromatic nitrogens is 6. The lowest BCUT2D eigenvalue weighted by Gasteiger charge is -2.12. The van der Waals surface area contributed by atoms with Gasteiger partial charge in [-0.25, -0.2) is 9.37 Å². The van der Waals surface area contributed by atoms with E-state index in [-0.39, 0.29) is 5.82 Å². The number of nitrogens with one attached hydrogen (secondary N) is 4. The number of pyridine rings is 2. The molecule has 0 aliphatic rings. The zero-order valence-corrected chi connectivity index (χ0v) is 23.5. The zero-order chi connectivity index (χ0) is 28.5. The van der Waals surface area contributed by atoms with E-state index in [2.05, 4.69) is 72.7 Å². The number of nitrogens with zero attached hydrogens (tertiary/aromatic N) is 5. The fourth-order valence-corrected chi connectivity index (χ4v) is 4.91. The van der Waals surface area contributed by atoms with E-state index >= 15 is 0 Å². The Bertz CT molecular complexity index is 1840. The number of fused-ring (bicyclic) bond motifs is 2. The summed E-state index contributed by atoms with van der Waals surface area (Å²) < 4.78 is 14.6. The molecule has 0 saturated heterocycles. The maximum atomic E-state index is 14.6. The molecule has 4 N–H and O–H groups in total. The van der Waals surface area contributed by atoms with Gasteiger partial charge in [-0.3, -0.25) is 15.1 Å². The van der Waals surface area contributed by atoms with Crippen LogP contribution in [0.1, 0.15) is 13.8 Å². The number of benzene rings is 2. The Hall–Kier alpha value is -4.83. The zero-order valence-electron chi connectivity index (χ0n) is 23.5. The van der Waals surface area contributed by atoms with Crippen molar-refractivity contribution in [3.05, 3.63) is 73.1 Å². The molecule has 4 heterocycles. The molecule has 0 amide bonds. The van der Waals surface area contributed by atoms with Crippen molar-refractivity contribution in [3.63, 3.8) is 0 Å². The van der Waals surface area contributed by atoms with Crippen molar-refractivity contribution in [1.82, 2.24) is 35.0 Å². The highest BCUT2D eigenvalue weighted by molar-refractivity contribution is 5.98. The summed E-state index contributed by atoms with van der Waals surface area (Å²) in [7, 11) is 4.01. The van der Waals surface area contributed by atoms with Crippen LogP contribution in [0.3, 0.4) is 0 Å². The van der Waals surface area contributed by atoms with E-state index in [1.54, 1.807) is 12.4 Å². The molecular weight excluding hydrogens is 517 g/mol. The number of hydrogen-bond donors (Lipinski definition) is 4. The van der Waals surface area contributed by atoms with Gasteiger partial charge in [0, 0.05) is 59.9 Å². The molecule has 0 fully saturated rings. The summed E-state index contributed by atoms with van der Waals surface area (Å²) in [6, 6.07) is 13.5. The van der Waals surface area contributed by atoms with E-state index in [1.807, 2.05) is 38.6 Å². The first kappa shape index (κ1) is 26.4. The maximum absolute atomic E-state index is 14.6. The Labute approximate surface area is 237 Å². The second-order valence-electron chi connectivity index (χ2n) is 10.7. The van der Waals surface area contributed by atoms with Crippen molar-refractivity contribution >= 4 is 33.3 Å². The Balaban J connectivity index is 1.37. The van der Waals surface area contributed by atoms with Gasteiger partial charge in [-0.15, -0.1) is 0 Å². The average Bonchev–Trinajstić information content (AvgIpc) is 3.56. The van der Waals surface area contributed by atoms with Gasteiger partial charge in [0.25, 0.3) is 0 Å². The van der Waals surface area contributed by atoms with Crippen molar-refractivity contribution in [2.24, 2.45) is 0 Å². The molecule has 41 heavy (non-hydrogen) atoms. The summed E-state index contributed by atoms with van der Waals surface area (Å²) in [5.74, 6) is 0.280. The summed E-state index contributed by atoms with van der Waals surface area (Å²) in [5.41, 5.74) is 8.17. The third-order valence-corrected chi connectivity index (χ3v) is 6.81. The molecule has 0 spiro atoms. The lowest BCUT2D eigenvalue weighted by atomic mass is 10.0. The van der Waals surface area contributed by atoms with Gasteiger partial charge in [0.05, 0.1) is 28.4 Å². The first-order chi connectivity index (χ1) is 19.8. The highest BCUT2D eigenvalue weighted by atomic mass is 19.1. The van der Waals surface area contributed by atoms with Crippen molar-refractivity contribution < 1.29 is 4.39 Å². The average molecular weight is 550 g/mol. The van der Waals surface area contributed by atoms with Crippen LogP contribution in [-0.4, -0.2) is 68.3 Å². The normalized spacial score (nSPS) is 11.7. The largest absolute Gasteiger partial charge is 0.384 e. The molecule has 0 unspecified atom stereocenters. The molecule has 9 nitrogen and oxygen atoms in total. The van der Waals surface area contributed by atoms with Gasteiger partial charge in [-0.1, -0.05) is 6.07 Å². The number of hydrogen-bond acceptors (Lipinski definition) is 7. The van der Waals surface area contributed by atoms with E-state index < -0.39 is 0 Å². The maximum Gasteiger partial charge on any atom is 0.159 e. The lowest BCUT2D eigenvalue weighted by Crippen LogP contribution is -2.20. The van der Waals surface area contributed by atoms with Crippen molar-refractivity contribution in [2.75, 3.05) is 37.8 Å². The number of H-pyrrole nitrogens is 2. The van der Waals surface area contributed by atoms with Gasteiger partial charge in [0.15, 0.2) is 5.82 Å². The first-order valence-corrected chi connectivity index (χ1v) is 13.6. The van der Waals surface area contributed by atoms with E-state index in [0.29, 0.717) is 40.9 Å². The Morgan fingerprint density at radius 2 is 1.71 bits per heavy atom. The molecule has 0 aliphatic carbocycles. The van der Waals surface area contributed by atoms with Crippen LogP contribution < -0.4 is 10.6 Å². The fraction of sp³-hybridized carbons (Fsp3) is 0.226.